The molecule has 188 valence electrons. The number of hydrogen-bond acceptors (Lipinski definition) is 8. The van der Waals surface area contributed by atoms with E-state index in [0.29, 0.717) is 29.9 Å². The quantitative estimate of drug-likeness (QED) is 0.252. The van der Waals surface area contributed by atoms with Crippen LogP contribution in [0.3, 0.4) is 0 Å². The zero-order chi connectivity index (χ0) is 25.2. The normalized spacial score (nSPS) is 15.9. The maximum atomic E-state index is 12.1. The minimum atomic E-state index is -0.351. The van der Waals surface area contributed by atoms with Gasteiger partial charge in [0.15, 0.2) is 0 Å². The fourth-order valence-electron chi connectivity index (χ4n) is 4.62. The molecule has 0 unspecified atom stereocenters. The second-order valence-corrected chi connectivity index (χ2v) is 9.27. The standard InChI is InChI=1S/C27H28N8O2/c36-16-24(17-4-2-1-3-5-17)33-25-23(19-11-31-35(15-19)21-12-28-13-21)14-30-27(34-25)32-20-6-7-22-18(10-20)8-9-29-26(22)37/h1-7,10-11,14-15,21,24,28,36H,8-9,12-13,16H2,(H,29,37)(H2,30,32,33,34)/t24-/m1/s1. The van der Waals surface area contributed by atoms with Crippen LogP contribution in [0.15, 0.2) is 67.1 Å². The van der Waals surface area contributed by atoms with Gasteiger partial charge in [0.1, 0.15) is 5.82 Å². The first-order valence-electron chi connectivity index (χ1n) is 12.4. The van der Waals surface area contributed by atoms with E-state index in [2.05, 4.69) is 31.3 Å². The van der Waals surface area contributed by atoms with Gasteiger partial charge < -0.3 is 26.4 Å². The Morgan fingerprint density at radius 3 is 2.76 bits per heavy atom. The molecule has 4 aromatic rings. The average molecular weight is 497 g/mol. The molecule has 0 spiro atoms. The van der Waals surface area contributed by atoms with Crippen LogP contribution in [0.5, 0.6) is 0 Å². The molecule has 1 saturated heterocycles. The Hall–Kier alpha value is -4.28. The summed E-state index contributed by atoms with van der Waals surface area (Å²) >= 11 is 0. The fourth-order valence-corrected chi connectivity index (χ4v) is 4.62. The zero-order valence-corrected chi connectivity index (χ0v) is 20.2. The summed E-state index contributed by atoms with van der Waals surface area (Å²) in [4.78, 5) is 21.5. The number of aliphatic hydroxyl groups excluding tert-OH is 1. The smallest absolute Gasteiger partial charge is 0.251 e. The van der Waals surface area contributed by atoms with Gasteiger partial charge in [-0.2, -0.15) is 10.1 Å². The van der Waals surface area contributed by atoms with Crippen molar-refractivity contribution < 1.29 is 9.90 Å². The molecule has 10 nitrogen and oxygen atoms in total. The van der Waals surface area contributed by atoms with Crippen LogP contribution in [0.4, 0.5) is 17.5 Å². The first kappa shape index (κ1) is 23.1. The molecular formula is C27H28N8O2. The Morgan fingerprint density at radius 1 is 1.11 bits per heavy atom. The number of aromatic nitrogens is 4. The van der Waals surface area contributed by atoms with Crippen molar-refractivity contribution in [2.24, 2.45) is 0 Å². The molecule has 2 aromatic heterocycles. The molecule has 6 rings (SSSR count). The third-order valence-electron chi connectivity index (χ3n) is 6.82. The van der Waals surface area contributed by atoms with Crippen molar-refractivity contribution in [2.75, 3.05) is 36.9 Å². The second-order valence-electron chi connectivity index (χ2n) is 9.27. The lowest BCUT2D eigenvalue weighted by molar-refractivity contribution is 0.0946. The highest BCUT2D eigenvalue weighted by molar-refractivity contribution is 5.97. The van der Waals surface area contributed by atoms with Gasteiger partial charge in [0.25, 0.3) is 5.91 Å². The number of carbonyl (C=O) groups is 1. The summed E-state index contributed by atoms with van der Waals surface area (Å²) in [7, 11) is 0. The number of anilines is 3. The lowest BCUT2D eigenvalue weighted by atomic mass is 10.00. The minimum Gasteiger partial charge on any atom is -0.394 e. The number of nitrogens with zero attached hydrogens (tertiary/aromatic N) is 4. The van der Waals surface area contributed by atoms with E-state index in [-0.39, 0.29) is 18.6 Å². The number of rotatable bonds is 8. The third-order valence-corrected chi connectivity index (χ3v) is 6.82. The maximum Gasteiger partial charge on any atom is 0.251 e. The molecule has 1 fully saturated rings. The van der Waals surface area contributed by atoms with Crippen LogP contribution in [0.25, 0.3) is 11.1 Å². The molecule has 1 atom stereocenters. The number of amides is 1. The highest BCUT2D eigenvalue weighted by Crippen LogP contribution is 2.31. The highest BCUT2D eigenvalue weighted by Gasteiger charge is 2.22. The molecule has 0 radical (unpaired) electrons. The van der Waals surface area contributed by atoms with Gasteiger partial charge in [-0.3, -0.25) is 9.48 Å². The molecular weight excluding hydrogens is 468 g/mol. The minimum absolute atomic E-state index is 0.0472. The van der Waals surface area contributed by atoms with Crippen molar-refractivity contribution in [3.8, 4) is 11.1 Å². The third kappa shape index (κ3) is 4.76. The number of benzene rings is 2. The molecule has 1 amide bonds. The van der Waals surface area contributed by atoms with E-state index in [4.69, 9.17) is 4.98 Å². The Labute approximate surface area is 214 Å². The predicted octanol–water partition coefficient (Wildman–Crippen LogP) is 2.66. The van der Waals surface area contributed by atoms with Crippen LogP contribution in [-0.2, 0) is 6.42 Å². The summed E-state index contributed by atoms with van der Waals surface area (Å²) in [6, 6.07) is 15.4. The van der Waals surface area contributed by atoms with Crippen LogP contribution in [0, 0.1) is 0 Å². The molecule has 0 aliphatic carbocycles. The molecule has 0 saturated carbocycles. The van der Waals surface area contributed by atoms with Crippen molar-refractivity contribution in [1.29, 1.82) is 0 Å². The van der Waals surface area contributed by atoms with Gasteiger partial charge in [0, 0.05) is 54.4 Å². The van der Waals surface area contributed by atoms with Crippen LogP contribution < -0.4 is 21.3 Å². The molecule has 5 N–H and O–H groups in total. The summed E-state index contributed by atoms with van der Waals surface area (Å²) in [5.74, 6) is 0.949. The van der Waals surface area contributed by atoms with Gasteiger partial charge >= 0.3 is 0 Å². The van der Waals surface area contributed by atoms with E-state index in [0.717, 1.165) is 47.5 Å². The monoisotopic (exact) mass is 496 g/mol. The molecule has 4 heterocycles. The Kier molecular flexibility index (Phi) is 6.25. The van der Waals surface area contributed by atoms with Crippen molar-refractivity contribution >= 4 is 23.4 Å². The number of carbonyl (C=O) groups excluding carboxylic acids is 1. The van der Waals surface area contributed by atoms with E-state index in [1.54, 1.807) is 6.20 Å². The van der Waals surface area contributed by atoms with Crippen LogP contribution in [0.2, 0.25) is 0 Å². The van der Waals surface area contributed by atoms with Crippen LogP contribution in [-0.4, -0.2) is 57.0 Å². The van der Waals surface area contributed by atoms with E-state index in [9.17, 15) is 9.90 Å². The van der Waals surface area contributed by atoms with Crippen LogP contribution >= 0.6 is 0 Å². The lowest BCUT2D eigenvalue weighted by Gasteiger charge is -2.27. The van der Waals surface area contributed by atoms with Gasteiger partial charge in [-0.25, -0.2) is 4.98 Å². The maximum absolute atomic E-state index is 12.1. The fraction of sp³-hybridized carbons (Fsp3) is 0.259. The number of fused-ring (bicyclic) bond motifs is 1. The molecule has 10 heteroatoms. The second kappa shape index (κ2) is 10.00. The Morgan fingerprint density at radius 2 is 1.97 bits per heavy atom. The summed E-state index contributed by atoms with van der Waals surface area (Å²) in [5.41, 5.74) is 5.13. The van der Waals surface area contributed by atoms with Crippen molar-refractivity contribution in [3.05, 3.63) is 83.8 Å². The van der Waals surface area contributed by atoms with E-state index >= 15 is 0 Å². The van der Waals surface area contributed by atoms with Gasteiger partial charge in [-0.05, 0) is 35.7 Å². The number of aliphatic hydroxyl groups is 1. The van der Waals surface area contributed by atoms with Gasteiger partial charge in [0.2, 0.25) is 5.95 Å². The molecule has 2 aliphatic heterocycles. The van der Waals surface area contributed by atoms with Gasteiger partial charge in [-0.15, -0.1) is 0 Å². The average Bonchev–Trinajstić information content (AvgIpc) is 3.36. The first-order chi connectivity index (χ1) is 18.2. The Bertz CT molecular complexity index is 1420. The van der Waals surface area contributed by atoms with Crippen molar-refractivity contribution in [3.63, 3.8) is 0 Å². The molecule has 2 aromatic carbocycles. The van der Waals surface area contributed by atoms with Crippen LogP contribution in [0.1, 0.15) is 33.6 Å². The summed E-state index contributed by atoms with van der Waals surface area (Å²) in [6.45, 7) is 2.32. The number of nitrogens with one attached hydrogen (secondary N) is 4. The predicted molar refractivity (Wildman–Crippen MR) is 141 cm³/mol. The zero-order valence-electron chi connectivity index (χ0n) is 20.2. The summed E-state index contributed by atoms with van der Waals surface area (Å²) < 4.78 is 1.96. The van der Waals surface area contributed by atoms with E-state index in [1.165, 1.54) is 0 Å². The number of hydrogen-bond donors (Lipinski definition) is 5. The SMILES string of the molecule is O=C1NCCc2cc(Nc3ncc(-c4cnn(C5CNC5)c4)c(N[C@H](CO)c4ccccc4)n3)ccc21. The van der Waals surface area contributed by atoms with E-state index in [1.807, 2.05) is 65.6 Å². The van der Waals surface area contributed by atoms with E-state index < -0.39 is 0 Å². The topological polar surface area (TPSA) is 129 Å². The van der Waals surface area contributed by atoms with Crippen molar-refractivity contribution in [1.82, 2.24) is 30.4 Å². The molecule has 2 aliphatic rings. The Balaban J connectivity index is 1.33. The molecule has 0 bridgehead atoms. The first-order valence-corrected chi connectivity index (χ1v) is 12.4. The van der Waals surface area contributed by atoms with Gasteiger partial charge in [-0.1, -0.05) is 30.3 Å². The molecule has 37 heavy (non-hydrogen) atoms. The van der Waals surface area contributed by atoms with Gasteiger partial charge in [0.05, 0.1) is 24.9 Å². The van der Waals surface area contributed by atoms with Crippen molar-refractivity contribution in [2.45, 2.75) is 18.5 Å². The summed E-state index contributed by atoms with van der Waals surface area (Å²) in [6.07, 6.45) is 6.37. The largest absolute Gasteiger partial charge is 0.394 e. The summed E-state index contributed by atoms with van der Waals surface area (Å²) in [5, 5.41) is 27.6. The highest BCUT2D eigenvalue weighted by atomic mass is 16.3. The lowest BCUT2D eigenvalue weighted by Crippen LogP contribution is -2.43.